The highest BCUT2D eigenvalue weighted by molar-refractivity contribution is 6.32. The number of nitrogen functional groups attached to an aromatic ring is 1. The summed E-state index contributed by atoms with van der Waals surface area (Å²) < 4.78 is 1.05. The lowest BCUT2D eigenvalue weighted by atomic mass is 10.1. The molecular weight excluding hydrogens is 846 g/mol. The summed E-state index contributed by atoms with van der Waals surface area (Å²) in [6.45, 7) is 3.03. The number of hydrogen-bond donors (Lipinski definition) is 9. The van der Waals surface area contributed by atoms with Gasteiger partial charge in [0.1, 0.15) is 12.4 Å². The highest BCUT2D eigenvalue weighted by Crippen LogP contribution is 2.30. The predicted molar refractivity (Wildman–Crippen MR) is 231 cm³/mol. The molecule has 1 aliphatic rings. The van der Waals surface area contributed by atoms with Crippen molar-refractivity contribution in [2.75, 3.05) is 89.2 Å². The fourth-order valence-corrected chi connectivity index (χ4v) is 6.98. The summed E-state index contributed by atoms with van der Waals surface area (Å²) in [6, 6.07) is 10.1. The normalized spacial score (nSPS) is 14.9. The Morgan fingerprint density at radius 3 is 1.67 bits per heavy atom. The second kappa shape index (κ2) is 23.1. The van der Waals surface area contributed by atoms with Gasteiger partial charge in [-0.05, 0) is 37.6 Å². The molecule has 1 saturated heterocycles. The number of carboxylic acids is 4. The molecule has 10 N–H and O–H groups in total. The third kappa shape index (κ3) is 15.8. The molecule has 2 aromatic carbocycles. The van der Waals surface area contributed by atoms with Crippen LogP contribution in [0, 0.1) is 5.41 Å². The first-order valence-corrected chi connectivity index (χ1v) is 20.2. The van der Waals surface area contributed by atoms with E-state index < -0.39 is 47.8 Å². The lowest BCUT2D eigenvalue weighted by Gasteiger charge is -2.32. The quantitative estimate of drug-likeness (QED) is 0.0604. The minimum absolute atomic E-state index is 0.0132. The number of amides is 2. The molecule has 0 atom stereocenters. The number of anilines is 2. The van der Waals surface area contributed by atoms with E-state index in [4.69, 9.17) is 22.7 Å². The van der Waals surface area contributed by atoms with Crippen molar-refractivity contribution in [1.82, 2.24) is 34.5 Å². The molecule has 1 aromatic heterocycles. The first-order valence-electron chi connectivity index (χ1n) is 19.8. The molecular formula is C40H52ClN11O11. The van der Waals surface area contributed by atoms with Gasteiger partial charge in [-0.2, -0.15) is 0 Å². The van der Waals surface area contributed by atoms with Crippen molar-refractivity contribution in [1.29, 1.82) is 5.41 Å². The highest BCUT2D eigenvalue weighted by atomic mass is 35.5. The molecule has 0 unspecified atom stereocenters. The van der Waals surface area contributed by atoms with Gasteiger partial charge in [0.15, 0.2) is 11.0 Å². The third-order valence-electron chi connectivity index (χ3n) is 9.72. The molecule has 0 spiro atoms. The summed E-state index contributed by atoms with van der Waals surface area (Å²) in [5, 5.41) is 54.3. The Hall–Kier alpha value is -6.46. The number of carbonyl (C=O) groups is 6. The molecule has 23 heteroatoms. The Kier molecular flexibility index (Phi) is 18.1. The largest absolute Gasteiger partial charge is 0.480 e. The van der Waals surface area contributed by atoms with Gasteiger partial charge >= 0.3 is 23.9 Å². The summed E-state index contributed by atoms with van der Waals surface area (Å²) in [6.07, 6.45) is 0. The van der Waals surface area contributed by atoms with Crippen LogP contribution in [-0.2, 0) is 37.1 Å². The zero-order valence-corrected chi connectivity index (χ0v) is 35.6. The van der Waals surface area contributed by atoms with Crippen molar-refractivity contribution in [2.24, 2.45) is 5.73 Å². The molecule has 63 heavy (non-hydrogen) atoms. The SMILES string of the molecule is CC(C)Nc1nc(Cl)c(-c2cc(NC(=O)CN3CCN(CC(=O)O)CCN(CC(=O)O)CCN(CC(=O)O)CC3)cc(C(=O)O)c2)n(CC(=O)NCc2ccc(C(=N)N)cc2)c1=O. The van der Waals surface area contributed by atoms with Crippen LogP contribution in [0.1, 0.15) is 35.3 Å². The Morgan fingerprint density at radius 1 is 0.730 bits per heavy atom. The van der Waals surface area contributed by atoms with Crippen LogP contribution in [-0.4, -0.2) is 176 Å². The van der Waals surface area contributed by atoms with Gasteiger partial charge in [0, 0.05) is 81.8 Å². The number of nitrogens with one attached hydrogen (secondary N) is 4. The zero-order chi connectivity index (χ0) is 46.4. The number of carboxylic acid groups (broad SMARTS) is 4. The number of carbonyl (C=O) groups excluding carboxylic acids is 2. The van der Waals surface area contributed by atoms with Gasteiger partial charge in [-0.25, -0.2) is 9.78 Å². The van der Waals surface area contributed by atoms with E-state index >= 15 is 0 Å². The molecule has 2 heterocycles. The minimum atomic E-state index is -1.39. The Labute approximate surface area is 366 Å². The maximum atomic E-state index is 13.9. The fraction of sp³-hybridized carbons (Fsp3) is 0.425. The van der Waals surface area contributed by atoms with E-state index in [2.05, 4.69) is 20.9 Å². The van der Waals surface area contributed by atoms with E-state index in [9.17, 15) is 54.0 Å². The number of nitrogens with zero attached hydrogens (tertiary/aromatic N) is 6. The second-order valence-corrected chi connectivity index (χ2v) is 15.5. The van der Waals surface area contributed by atoms with E-state index in [1.165, 1.54) is 18.2 Å². The molecule has 1 aliphatic heterocycles. The number of hydrogen-bond acceptors (Lipinski definition) is 14. The van der Waals surface area contributed by atoms with Crippen LogP contribution < -0.4 is 27.2 Å². The number of nitrogens with two attached hydrogens (primary N) is 1. The summed E-state index contributed by atoms with van der Waals surface area (Å²) in [7, 11) is 0. The third-order valence-corrected chi connectivity index (χ3v) is 9.98. The van der Waals surface area contributed by atoms with Crippen LogP contribution in [0.25, 0.3) is 11.3 Å². The maximum absolute atomic E-state index is 13.9. The van der Waals surface area contributed by atoms with Gasteiger partial charge in [0.05, 0.1) is 37.4 Å². The van der Waals surface area contributed by atoms with E-state index in [1.807, 2.05) is 0 Å². The average Bonchev–Trinajstić information content (AvgIpc) is 3.19. The van der Waals surface area contributed by atoms with Gasteiger partial charge in [-0.3, -0.25) is 58.3 Å². The molecule has 1 fully saturated rings. The molecule has 0 radical (unpaired) electrons. The van der Waals surface area contributed by atoms with Crippen molar-refractivity contribution in [3.8, 4) is 11.3 Å². The molecule has 0 saturated carbocycles. The lowest BCUT2D eigenvalue weighted by Crippen LogP contribution is -2.49. The van der Waals surface area contributed by atoms with Crippen molar-refractivity contribution >= 4 is 64.6 Å². The zero-order valence-electron chi connectivity index (χ0n) is 34.8. The molecule has 0 bridgehead atoms. The van der Waals surface area contributed by atoms with Crippen LogP contribution in [0.5, 0.6) is 0 Å². The predicted octanol–water partition coefficient (Wildman–Crippen LogP) is 0.0966. The first-order chi connectivity index (χ1) is 29.8. The van der Waals surface area contributed by atoms with E-state index in [0.29, 0.717) is 11.1 Å². The lowest BCUT2D eigenvalue weighted by molar-refractivity contribution is -0.140. The average molecular weight is 898 g/mol. The minimum Gasteiger partial charge on any atom is -0.480 e. The van der Waals surface area contributed by atoms with E-state index in [-0.39, 0.29) is 130 Å². The first kappa shape index (κ1) is 49.2. The van der Waals surface area contributed by atoms with Crippen LogP contribution in [0.2, 0.25) is 5.15 Å². The van der Waals surface area contributed by atoms with Gasteiger partial charge in [0.25, 0.3) is 5.56 Å². The van der Waals surface area contributed by atoms with Crippen LogP contribution in [0.15, 0.2) is 47.3 Å². The van der Waals surface area contributed by atoms with Crippen LogP contribution in [0.3, 0.4) is 0 Å². The summed E-state index contributed by atoms with van der Waals surface area (Å²) in [5.41, 5.74) is 5.56. The van der Waals surface area contributed by atoms with E-state index in [1.54, 1.807) is 57.7 Å². The monoisotopic (exact) mass is 897 g/mol. The molecule has 4 rings (SSSR count). The smallest absolute Gasteiger partial charge is 0.335 e. The summed E-state index contributed by atoms with van der Waals surface area (Å²) in [4.78, 5) is 99.1. The molecule has 2 amide bonds. The highest BCUT2D eigenvalue weighted by Gasteiger charge is 2.24. The van der Waals surface area contributed by atoms with E-state index in [0.717, 1.165) is 4.57 Å². The second-order valence-electron chi connectivity index (χ2n) is 15.1. The van der Waals surface area contributed by atoms with Gasteiger partial charge in [-0.1, -0.05) is 35.9 Å². The molecule has 22 nitrogen and oxygen atoms in total. The van der Waals surface area contributed by atoms with Crippen LogP contribution in [0.4, 0.5) is 11.5 Å². The molecule has 340 valence electrons. The Bertz CT molecular complexity index is 2210. The van der Waals surface area contributed by atoms with Gasteiger partial charge < -0.3 is 42.1 Å². The van der Waals surface area contributed by atoms with Gasteiger partial charge in [-0.15, -0.1) is 0 Å². The topological polar surface area (TPSA) is 317 Å². The van der Waals surface area contributed by atoms with Gasteiger partial charge in [0.2, 0.25) is 11.8 Å². The number of aromatic nitrogens is 2. The maximum Gasteiger partial charge on any atom is 0.335 e. The number of amidine groups is 1. The van der Waals surface area contributed by atoms with Crippen molar-refractivity contribution in [3.05, 3.63) is 74.7 Å². The van der Waals surface area contributed by atoms with Crippen molar-refractivity contribution < 1.29 is 49.2 Å². The summed E-state index contributed by atoms with van der Waals surface area (Å²) in [5.74, 6) is -6.21. The number of benzene rings is 2. The Morgan fingerprint density at radius 2 is 1.22 bits per heavy atom. The number of aromatic carboxylic acids is 1. The summed E-state index contributed by atoms with van der Waals surface area (Å²) >= 11 is 6.71. The molecule has 3 aromatic rings. The number of halogens is 1. The fourth-order valence-electron chi connectivity index (χ4n) is 6.68. The van der Waals surface area contributed by atoms with Crippen molar-refractivity contribution in [2.45, 2.75) is 33.0 Å². The molecule has 0 aliphatic carbocycles. The van der Waals surface area contributed by atoms with Crippen LogP contribution >= 0.6 is 11.6 Å². The van der Waals surface area contributed by atoms with Crippen molar-refractivity contribution in [3.63, 3.8) is 0 Å². The number of rotatable bonds is 18. The standard InChI is InChI=1S/C40H52ClN11O11/c1-24(2)45-38-39(61)52(20-30(53)44-18-25-3-5-26(6-4-25)37(42)43)35(36(41)47-38)27-15-28(40(62)63)17-29(16-27)46-31(54)19-48-7-9-49(21-32(55)56)11-13-51(23-34(59)60)14-12-50(10-8-48)22-33(57)58/h3-6,15-17,24H,7-14,18-23H2,1-2H3,(H3,42,43)(H,44,53)(H,45,47)(H,46,54)(H,55,56)(H,57,58)(H,59,60)(H,62,63). The Balaban J connectivity index is 1.63. The number of aliphatic carboxylic acids is 3.